The van der Waals surface area contributed by atoms with Gasteiger partial charge in [0.1, 0.15) is 5.82 Å². The maximum atomic E-state index is 5.92. The summed E-state index contributed by atoms with van der Waals surface area (Å²) in [6.45, 7) is 2.66. The molecular weight excluding hydrogens is 222 g/mol. The van der Waals surface area contributed by atoms with Crippen LogP contribution >= 0.6 is 11.6 Å². The van der Waals surface area contributed by atoms with Gasteiger partial charge in [0.2, 0.25) is 0 Å². The van der Waals surface area contributed by atoms with Crippen LogP contribution in [0.3, 0.4) is 0 Å². The summed E-state index contributed by atoms with van der Waals surface area (Å²) in [7, 11) is 0. The first-order valence-corrected chi connectivity index (χ1v) is 5.59. The molecular formula is C12H14ClN3. The first kappa shape index (κ1) is 11.2. The molecule has 0 amide bonds. The van der Waals surface area contributed by atoms with E-state index in [1.165, 1.54) is 0 Å². The zero-order chi connectivity index (χ0) is 11.5. The van der Waals surface area contributed by atoms with Gasteiger partial charge in [0.25, 0.3) is 0 Å². The number of nitrogens with one attached hydrogen (secondary N) is 1. The summed E-state index contributed by atoms with van der Waals surface area (Å²) in [6, 6.07) is 9.74. The molecule has 16 heavy (non-hydrogen) atoms. The maximum absolute atomic E-state index is 5.92. The van der Waals surface area contributed by atoms with Crippen LogP contribution in [-0.4, -0.2) is 17.6 Å². The largest absolute Gasteiger partial charge is 0.369 e. The Kier molecular flexibility index (Phi) is 3.27. The molecule has 1 heterocycles. The Balaban J connectivity index is 2.28. The minimum Gasteiger partial charge on any atom is -0.369 e. The Morgan fingerprint density at radius 2 is 2.12 bits per heavy atom. The van der Waals surface area contributed by atoms with Crippen molar-refractivity contribution < 1.29 is 0 Å². The number of aromatic nitrogens is 1. The second kappa shape index (κ2) is 4.68. The smallest absolute Gasteiger partial charge is 0.126 e. The van der Waals surface area contributed by atoms with E-state index in [1.807, 2.05) is 37.3 Å². The highest BCUT2D eigenvalue weighted by Crippen LogP contribution is 2.19. The van der Waals surface area contributed by atoms with E-state index in [0.29, 0.717) is 11.6 Å². The number of pyridine rings is 1. The fourth-order valence-electron chi connectivity index (χ4n) is 1.45. The van der Waals surface area contributed by atoms with Gasteiger partial charge in [-0.1, -0.05) is 17.7 Å². The van der Waals surface area contributed by atoms with Crippen molar-refractivity contribution in [3.05, 3.63) is 35.4 Å². The summed E-state index contributed by atoms with van der Waals surface area (Å²) in [4.78, 5) is 4.46. The summed E-state index contributed by atoms with van der Waals surface area (Å²) >= 11 is 5.92. The lowest BCUT2D eigenvalue weighted by atomic mass is 10.2. The van der Waals surface area contributed by atoms with Crippen LogP contribution in [0.25, 0.3) is 10.9 Å². The normalized spacial score (nSPS) is 12.7. The van der Waals surface area contributed by atoms with Gasteiger partial charge in [0.05, 0.1) is 5.52 Å². The van der Waals surface area contributed by atoms with Crippen LogP contribution in [0.15, 0.2) is 30.3 Å². The van der Waals surface area contributed by atoms with Gasteiger partial charge in [0, 0.05) is 23.0 Å². The van der Waals surface area contributed by atoms with Crippen molar-refractivity contribution >= 4 is 28.3 Å². The molecule has 4 heteroatoms. The van der Waals surface area contributed by atoms with Crippen LogP contribution < -0.4 is 11.1 Å². The van der Waals surface area contributed by atoms with E-state index in [-0.39, 0.29) is 6.04 Å². The van der Waals surface area contributed by atoms with Crippen molar-refractivity contribution in [1.29, 1.82) is 0 Å². The number of hydrogen-bond acceptors (Lipinski definition) is 3. The molecule has 84 valence electrons. The fourth-order valence-corrected chi connectivity index (χ4v) is 1.62. The summed E-state index contributed by atoms with van der Waals surface area (Å²) in [5.41, 5.74) is 6.56. The summed E-state index contributed by atoms with van der Waals surface area (Å²) in [5, 5.41) is 4.95. The number of halogens is 1. The molecule has 2 aromatic rings. The van der Waals surface area contributed by atoms with Crippen LogP contribution in [0.2, 0.25) is 5.02 Å². The van der Waals surface area contributed by atoms with Crippen LogP contribution in [0, 0.1) is 0 Å². The number of benzene rings is 1. The Bertz CT molecular complexity index is 497. The quantitative estimate of drug-likeness (QED) is 0.860. The zero-order valence-electron chi connectivity index (χ0n) is 9.07. The van der Waals surface area contributed by atoms with Gasteiger partial charge in [-0.15, -0.1) is 0 Å². The Morgan fingerprint density at radius 1 is 1.38 bits per heavy atom. The number of nitrogens with zero attached hydrogens (tertiary/aromatic N) is 1. The van der Waals surface area contributed by atoms with E-state index >= 15 is 0 Å². The molecule has 0 aliphatic rings. The Labute approximate surface area is 99.6 Å². The van der Waals surface area contributed by atoms with Crippen molar-refractivity contribution in [3.63, 3.8) is 0 Å². The highest BCUT2D eigenvalue weighted by Gasteiger charge is 2.00. The molecule has 3 nitrogen and oxygen atoms in total. The van der Waals surface area contributed by atoms with E-state index in [4.69, 9.17) is 17.3 Å². The third-order valence-electron chi connectivity index (χ3n) is 2.26. The number of fused-ring (bicyclic) bond motifs is 1. The minimum absolute atomic E-state index is 0.108. The van der Waals surface area contributed by atoms with Crippen molar-refractivity contribution in [2.24, 2.45) is 5.73 Å². The van der Waals surface area contributed by atoms with E-state index in [1.54, 1.807) is 0 Å². The van der Waals surface area contributed by atoms with Crippen LogP contribution in [0.1, 0.15) is 6.92 Å². The summed E-state index contributed by atoms with van der Waals surface area (Å²) in [6.07, 6.45) is 0. The highest BCUT2D eigenvalue weighted by molar-refractivity contribution is 6.31. The molecule has 1 aromatic carbocycles. The topological polar surface area (TPSA) is 50.9 Å². The Morgan fingerprint density at radius 3 is 2.88 bits per heavy atom. The summed E-state index contributed by atoms with van der Waals surface area (Å²) in [5.74, 6) is 0.826. The van der Waals surface area contributed by atoms with Crippen LogP contribution in [0.5, 0.6) is 0 Å². The van der Waals surface area contributed by atoms with E-state index in [0.717, 1.165) is 16.7 Å². The SMILES string of the molecule is CC(N)CNc1ccc2ccc(Cl)cc2n1. The number of hydrogen-bond donors (Lipinski definition) is 2. The molecule has 1 atom stereocenters. The predicted molar refractivity (Wildman–Crippen MR) is 68.9 cm³/mol. The number of nitrogens with two attached hydrogens (primary N) is 1. The van der Waals surface area contributed by atoms with E-state index in [2.05, 4.69) is 10.3 Å². The lowest BCUT2D eigenvalue weighted by Gasteiger charge is -2.08. The van der Waals surface area contributed by atoms with Crippen molar-refractivity contribution in [2.45, 2.75) is 13.0 Å². The Hall–Kier alpha value is -1.32. The van der Waals surface area contributed by atoms with Crippen molar-refractivity contribution in [3.8, 4) is 0 Å². The lowest BCUT2D eigenvalue weighted by Crippen LogP contribution is -2.25. The molecule has 1 unspecified atom stereocenters. The van der Waals surface area contributed by atoms with E-state index < -0.39 is 0 Å². The van der Waals surface area contributed by atoms with Crippen LogP contribution in [-0.2, 0) is 0 Å². The third kappa shape index (κ3) is 2.62. The predicted octanol–water partition coefficient (Wildman–Crippen LogP) is 2.65. The second-order valence-electron chi connectivity index (χ2n) is 3.89. The average Bonchev–Trinajstić information content (AvgIpc) is 2.25. The van der Waals surface area contributed by atoms with E-state index in [9.17, 15) is 0 Å². The molecule has 0 aliphatic carbocycles. The number of rotatable bonds is 3. The van der Waals surface area contributed by atoms with Gasteiger partial charge < -0.3 is 11.1 Å². The van der Waals surface area contributed by atoms with Gasteiger partial charge >= 0.3 is 0 Å². The molecule has 0 aliphatic heterocycles. The molecule has 0 bridgehead atoms. The second-order valence-corrected chi connectivity index (χ2v) is 4.33. The molecule has 0 fully saturated rings. The minimum atomic E-state index is 0.108. The standard InChI is InChI=1S/C12H14ClN3/c1-8(14)7-15-12-5-3-9-2-4-10(13)6-11(9)16-12/h2-6,8H,7,14H2,1H3,(H,15,16). The molecule has 3 N–H and O–H groups in total. The highest BCUT2D eigenvalue weighted by atomic mass is 35.5. The van der Waals surface area contributed by atoms with Crippen molar-refractivity contribution in [1.82, 2.24) is 4.98 Å². The first-order chi connectivity index (χ1) is 7.65. The average molecular weight is 236 g/mol. The first-order valence-electron chi connectivity index (χ1n) is 5.21. The summed E-state index contributed by atoms with van der Waals surface area (Å²) < 4.78 is 0. The molecule has 0 spiro atoms. The third-order valence-corrected chi connectivity index (χ3v) is 2.49. The molecule has 2 rings (SSSR count). The van der Waals surface area contributed by atoms with Gasteiger partial charge in [0.15, 0.2) is 0 Å². The van der Waals surface area contributed by atoms with Crippen LogP contribution in [0.4, 0.5) is 5.82 Å². The molecule has 0 saturated carbocycles. The number of anilines is 1. The molecule has 0 saturated heterocycles. The lowest BCUT2D eigenvalue weighted by molar-refractivity contribution is 0.778. The van der Waals surface area contributed by atoms with Crippen molar-refractivity contribution in [2.75, 3.05) is 11.9 Å². The maximum Gasteiger partial charge on any atom is 0.126 e. The van der Waals surface area contributed by atoms with Gasteiger partial charge in [-0.25, -0.2) is 4.98 Å². The fraction of sp³-hybridized carbons (Fsp3) is 0.250. The molecule has 0 radical (unpaired) electrons. The zero-order valence-corrected chi connectivity index (χ0v) is 9.83. The van der Waals surface area contributed by atoms with Gasteiger partial charge in [-0.2, -0.15) is 0 Å². The van der Waals surface area contributed by atoms with Gasteiger partial charge in [-0.3, -0.25) is 0 Å². The van der Waals surface area contributed by atoms with Gasteiger partial charge in [-0.05, 0) is 31.2 Å². The molecule has 1 aromatic heterocycles. The monoisotopic (exact) mass is 235 g/mol.